The lowest BCUT2D eigenvalue weighted by atomic mass is 9.95. The SMILES string of the molecule is Cc1ncoc1C(=O)N1CCCC1C1CCCC1=O. The minimum atomic E-state index is -0.114. The van der Waals surface area contributed by atoms with Crippen molar-refractivity contribution in [3.05, 3.63) is 17.8 Å². The summed E-state index contributed by atoms with van der Waals surface area (Å²) in [5.41, 5.74) is 0.619. The highest BCUT2D eigenvalue weighted by Gasteiger charge is 2.41. The fourth-order valence-corrected chi connectivity index (χ4v) is 3.35. The van der Waals surface area contributed by atoms with Crippen LogP contribution in [-0.4, -0.2) is 34.2 Å². The Balaban J connectivity index is 1.81. The van der Waals surface area contributed by atoms with E-state index < -0.39 is 0 Å². The molecule has 2 fully saturated rings. The van der Waals surface area contributed by atoms with Gasteiger partial charge in [-0.1, -0.05) is 0 Å². The summed E-state index contributed by atoms with van der Waals surface area (Å²) in [6.45, 7) is 2.48. The van der Waals surface area contributed by atoms with E-state index in [1.54, 1.807) is 6.92 Å². The molecule has 3 rings (SSSR count). The highest BCUT2D eigenvalue weighted by atomic mass is 16.3. The van der Waals surface area contributed by atoms with Gasteiger partial charge in [0.05, 0.1) is 5.69 Å². The number of rotatable bonds is 2. The number of aromatic nitrogens is 1. The molecule has 1 saturated carbocycles. The Kier molecular flexibility index (Phi) is 3.12. The van der Waals surface area contributed by atoms with E-state index >= 15 is 0 Å². The molecule has 19 heavy (non-hydrogen) atoms. The zero-order chi connectivity index (χ0) is 13.4. The lowest BCUT2D eigenvalue weighted by Crippen LogP contribution is -2.41. The number of nitrogens with zero attached hydrogens (tertiary/aromatic N) is 2. The lowest BCUT2D eigenvalue weighted by Gasteiger charge is -2.27. The van der Waals surface area contributed by atoms with Crippen molar-refractivity contribution in [1.29, 1.82) is 0 Å². The minimum absolute atomic E-state index is 0.0367. The molecule has 1 aliphatic carbocycles. The molecular formula is C14H18N2O3. The van der Waals surface area contributed by atoms with Crippen LogP contribution in [0.25, 0.3) is 0 Å². The lowest BCUT2D eigenvalue weighted by molar-refractivity contribution is -0.121. The fourth-order valence-electron chi connectivity index (χ4n) is 3.35. The molecular weight excluding hydrogens is 244 g/mol. The summed E-state index contributed by atoms with van der Waals surface area (Å²) >= 11 is 0. The molecule has 0 aromatic carbocycles. The van der Waals surface area contributed by atoms with E-state index in [1.807, 2.05) is 4.90 Å². The van der Waals surface area contributed by atoms with Crippen LogP contribution in [0.1, 0.15) is 48.4 Å². The summed E-state index contributed by atoms with van der Waals surface area (Å²) in [7, 11) is 0. The van der Waals surface area contributed by atoms with Gasteiger partial charge >= 0.3 is 0 Å². The van der Waals surface area contributed by atoms with Gasteiger partial charge in [0.15, 0.2) is 6.39 Å². The number of Topliss-reactive ketones (excluding diaryl/α,β-unsaturated/α-hetero) is 1. The predicted octanol–water partition coefficient (Wildman–Crippen LogP) is 1.96. The average Bonchev–Trinajstić information content (AvgIpc) is 3.07. The highest BCUT2D eigenvalue weighted by Crippen LogP contribution is 2.34. The number of carbonyl (C=O) groups excluding carboxylic acids is 2. The molecule has 1 amide bonds. The van der Waals surface area contributed by atoms with Crippen LogP contribution in [0, 0.1) is 12.8 Å². The molecule has 1 aliphatic heterocycles. The van der Waals surface area contributed by atoms with Crippen LogP contribution >= 0.6 is 0 Å². The van der Waals surface area contributed by atoms with Crippen LogP contribution < -0.4 is 0 Å². The smallest absolute Gasteiger partial charge is 0.291 e. The molecule has 1 aromatic heterocycles. The standard InChI is InChI=1S/C14H18N2O3/c1-9-13(19-8-15-9)14(18)16-7-3-5-11(16)10-4-2-6-12(10)17/h8,10-11H,2-7H2,1H3. The molecule has 2 heterocycles. The number of oxazole rings is 1. The van der Waals surface area contributed by atoms with Crippen LogP contribution in [0.5, 0.6) is 0 Å². The first-order chi connectivity index (χ1) is 9.18. The van der Waals surface area contributed by atoms with Crippen molar-refractivity contribution in [2.24, 2.45) is 5.92 Å². The number of amides is 1. The summed E-state index contributed by atoms with van der Waals surface area (Å²) in [4.78, 5) is 30.2. The Morgan fingerprint density at radius 3 is 2.89 bits per heavy atom. The first-order valence-corrected chi connectivity index (χ1v) is 6.92. The van der Waals surface area contributed by atoms with Crippen LogP contribution in [0.3, 0.4) is 0 Å². The van der Waals surface area contributed by atoms with Gasteiger partial charge in [-0.2, -0.15) is 0 Å². The average molecular weight is 262 g/mol. The molecule has 5 nitrogen and oxygen atoms in total. The van der Waals surface area contributed by atoms with Crippen LogP contribution in [0.4, 0.5) is 0 Å². The highest BCUT2D eigenvalue weighted by molar-refractivity contribution is 5.93. The van der Waals surface area contributed by atoms with Gasteiger partial charge in [0, 0.05) is 24.9 Å². The van der Waals surface area contributed by atoms with E-state index in [2.05, 4.69) is 4.98 Å². The Morgan fingerprint density at radius 2 is 2.26 bits per heavy atom. The molecule has 1 aromatic rings. The van der Waals surface area contributed by atoms with Gasteiger partial charge in [-0.05, 0) is 32.6 Å². The quantitative estimate of drug-likeness (QED) is 0.817. The summed E-state index contributed by atoms with van der Waals surface area (Å²) < 4.78 is 5.19. The molecule has 1 saturated heterocycles. The van der Waals surface area contributed by atoms with Crippen molar-refractivity contribution in [2.45, 2.75) is 45.1 Å². The summed E-state index contributed by atoms with van der Waals surface area (Å²) in [5.74, 6) is 0.559. The first kappa shape index (κ1) is 12.4. The molecule has 2 atom stereocenters. The van der Waals surface area contributed by atoms with Crippen molar-refractivity contribution >= 4 is 11.7 Å². The van der Waals surface area contributed by atoms with Crippen molar-refractivity contribution in [3.8, 4) is 0 Å². The second-order valence-corrected chi connectivity index (χ2v) is 5.44. The molecule has 0 radical (unpaired) electrons. The third-order valence-corrected chi connectivity index (χ3v) is 4.32. The van der Waals surface area contributed by atoms with Gasteiger partial charge in [0.2, 0.25) is 5.76 Å². The van der Waals surface area contributed by atoms with Gasteiger partial charge in [-0.25, -0.2) is 4.98 Å². The minimum Gasteiger partial charge on any atom is -0.438 e. The summed E-state index contributed by atoms with van der Waals surface area (Å²) in [6, 6.07) is 0.0620. The van der Waals surface area contributed by atoms with Crippen molar-refractivity contribution in [1.82, 2.24) is 9.88 Å². The van der Waals surface area contributed by atoms with Crippen molar-refractivity contribution in [3.63, 3.8) is 0 Å². The normalized spacial score (nSPS) is 27.2. The number of carbonyl (C=O) groups is 2. The second kappa shape index (κ2) is 4.79. The van der Waals surface area contributed by atoms with Crippen LogP contribution in [-0.2, 0) is 4.79 Å². The van der Waals surface area contributed by atoms with E-state index in [4.69, 9.17) is 4.42 Å². The monoisotopic (exact) mass is 262 g/mol. The van der Waals surface area contributed by atoms with Gasteiger partial charge in [0.1, 0.15) is 5.78 Å². The number of likely N-dealkylation sites (tertiary alicyclic amines) is 1. The maximum atomic E-state index is 12.5. The van der Waals surface area contributed by atoms with E-state index in [-0.39, 0.29) is 17.9 Å². The van der Waals surface area contributed by atoms with Crippen molar-refractivity contribution in [2.75, 3.05) is 6.54 Å². The van der Waals surface area contributed by atoms with Crippen LogP contribution in [0.2, 0.25) is 0 Å². The Morgan fingerprint density at radius 1 is 1.42 bits per heavy atom. The largest absolute Gasteiger partial charge is 0.438 e. The molecule has 5 heteroatoms. The van der Waals surface area contributed by atoms with E-state index in [0.717, 1.165) is 25.7 Å². The zero-order valence-electron chi connectivity index (χ0n) is 11.1. The topological polar surface area (TPSA) is 63.4 Å². The first-order valence-electron chi connectivity index (χ1n) is 6.92. The Bertz CT molecular complexity index is 509. The van der Waals surface area contributed by atoms with E-state index in [9.17, 15) is 9.59 Å². The van der Waals surface area contributed by atoms with Gasteiger partial charge in [0.25, 0.3) is 5.91 Å². The Hall–Kier alpha value is -1.65. The number of hydrogen-bond acceptors (Lipinski definition) is 4. The predicted molar refractivity (Wildman–Crippen MR) is 67.6 cm³/mol. The van der Waals surface area contributed by atoms with Gasteiger partial charge in [-0.15, -0.1) is 0 Å². The van der Waals surface area contributed by atoms with E-state index in [0.29, 0.717) is 30.2 Å². The number of ketones is 1. The van der Waals surface area contributed by atoms with Crippen LogP contribution in [0.15, 0.2) is 10.8 Å². The van der Waals surface area contributed by atoms with Gasteiger partial charge < -0.3 is 9.32 Å². The maximum Gasteiger partial charge on any atom is 0.291 e. The van der Waals surface area contributed by atoms with Gasteiger partial charge in [-0.3, -0.25) is 9.59 Å². The zero-order valence-corrected chi connectivity index (χ0v) is 11.1. The molecule has 102 valence electrons. The molecule has 0 spiro atoms. The molecule has 0 N–H and O–H groups in total. The third-order valence-electron chi connectivity index (χ3n) is 4.32. The Labute approximate surface area is 112 Å². The number of hydrogen-bond donors (Lipinski definition) is 0. The fraction of sp³-hybridized carbons (Fsp3) is 0.643. The van der Waals surface area contributed by atoms with E-state index in [1.165, 1.54) is 6.39 Å². The van der Waals surface area contributed by atoms with Crippen molar-refractivity contribution < 1.29 is 14.0 Å². The summed E-state index contributed by atoms with van der Waals surface area (Å²) in [6.07, 6.45) is 5.74. The summed E-state index contributed by atoms with van der Waals surface area (Å²) in [5, 5.41) is 0. The molecule has 2 aliphatic rings. The maximum absolute atomic E-state index is 12.5. The molecule has 0 bridgehead atoms. The second-order valence-electron chi connectivity index (χ2n) is 5.44. The third kappa shape index (κ3) is 2.07. The molecule has 2 unspecified atom stereocenters. The number of aryl methyl sites for hydroxylation is 1.